The minimum atomic E-state index is 0. The summed E-state index contributed by atoms with van der Waals surface area (Å²) in [5.41, 5.74) is 6.14. The van der Waals surface area contributed by atoms with Gasteiger partial charge in [-0.3, -0.25) is 25.0 Å². The molecule has 0 nitrogen and oxygen atoms in total. The average molecular weight is 936 g/mol. The first-order chi connectivity index (χ1) is 11.4. The van der Waals surface area contributed by atoms with Crippen molar-refractivity contribution in [1.82, 2.24) is 0 Å². The van der Waals surface area contributed by atoms with E-state index >= 15 is 0 Å². The molecule has 0 aliphatic rings. The van der Waals surface area contributed by atoms with Gasteiger partial charge in [-0.25, -0.2) is 61.4 Å². The van der Waals surface area contributed by atoms with Crippen molar-refractivity contribution in [2.45, 2.75) is 0 Å². The Morgan fingerprint density at radius 1 is 0.306 bits per heavy atom. The van der Waals surface area contributed by atoms with E-state index in [0.717, 1.165) is 33.4 Å². The molecule has 0 saturated carbocycles. The summed E-state index contributed by atoms with van der Waals surface area (Å²) in [6, 6.07) is 23.4. The molecule has 6 heteroatoms. The van der Waals surface area contributed by atoms with E-state index in [1.165, 1.54) is 0 Å². The van der Waals surface area contributed by atoms with E-state index in [1.54, 1.807) is 0 Å². The number of rotatable bonds is 0. The van der Waals surface area contributed by atoms with Crippen molar-refractivity contribution in [2.24, 2.45) is 0 Å². The van der Waals surface area contributed by atoms with Gasteiger partial charge in [-0.05, 0) is 0 Å². The van der Waals surface area contributed by atoms with Crippen molar-refractivity contribution < 1.29 is 196 Å². The van der Waals surface area contributed by atoms with Crippen LogP contribution in [0.3, 0.4) is 0 Å². The molecule has 6 radical (unpaired) electrons. The van der Waals surface area contributed by atoms with Gasteiger partial charge in [0.2, 0.25) is 0 Å². The second-order valence-corrected chi connectivity index (χ2v) is 5.41. The van der Waals surface area contributed by atoms with Crippen molar-refractivity contribution in [3.8, 4) is 0 Å². The van der Waals surface area contributed by atoms with Crippen LogP contribution in [0.1, 0.15) is 33.4 Å². The summed E-state index contributed by atoms with van der Waals surface area (Å²) in [6.45, 7) is 22.5. The molecule has 0 aromatic heterocycles. The molecule has 0 aliphatic heterocycles. The van der Waals surface area contributed by atoms with Crippen molar-refractivity contribution >= 4 is 0 Å². The van der Waals surface area contributed by atoms with Crippen molar-refractivity contribution in [3.05, 3.63) is 192 Å². The van der Waals surface area contributed by atoms with Gasteiger partial charge in [-0.15, -0.1) is 12.1 Å². The molecular weight excluding hydrogens is 894 g/mol. The van der Waals surface area contributed by atoms with Gasteiger partial charge < -0.3 is 44.6 Å². The van der Waals surface area contributed by atoms with Crippen LogP contribution in [0.25, 0.3) is 0 Å². The van der Waals surface area contributed by atoms with Crippen LogP contribution in [-0.4, -0.2) is 0 Å². The predicted octanol–water partition coefficient (Wildman–Crippen LogP) is 8.84. The Morgan fingerprint density at radius 2 is 0.556 bits per heavy atom. The van der Waals surface area contributed by atoms with E-state index < -0.39 is 0 Å². The Balaban J connectivity index is -0.0000000206. The molecule has 3 rings (SSSR count). The van der Waals surface area contributed by atoms with Crippen LogP contribution in [0, 0.1) is 86.1 Å². The standard InChI is InChI=1S/3C8H8.6CH3.6Y/c1-7-3-5-8(2)6-4-7;1-7-4-3-5-8(2)6-7;1-7-5-3-4-6-8(7)2;;;;;;;;;;;;/h3*3-6H,1-2H2;6*1H3;;;;;;/q3*-2;6*-1;;;;;;. The Hall–Kier alpha value is 3.50. The molecule has 0 spiro atoms. The quantitative estimate of drug-likeness (QED) is 0.198. The largest absolute Gasteiger partial charge is 0.358 e. The average Bonchev–Trinajstić information content (AvgIpc) is 2.54. The maximum absolute atomic E-state index is 3.76. The predicted molar refractivity (Wildman–Crippen MR) is 145 cm³/mol. The van der Waals surface area contributed by atoms with E-state index in [4.69, 9.17) is 0 Å². The molecule has 0 unspecified atom stereocenters. The Kier molecular flexibility index (Phi) is 104. The van der Waals surface area contributed by atoms with Gasteiger partial charge in [-0.2, -0.15) is 49.2 Å². The molecule has 36 heavy (non-hydrogen) atoms. The maximum Gasteiger partial charge on any atom is 0 e. The summed E-state index contributed by atoms with van der Waals surface area (Å²) in [5.74, 6) is 0. The van der Waals surface area contributed by atoms with E-state index in [1.807, 2.05) is 72.8 Å². The first-order valence-corrected chi connectivity index (χ1v) is 7.59. The normalized spacial score (nSPS) is 6.00. The second kappa shape index (κ2) is 48.2. The van der Waals surface area contributed by atoms with Gasteiger partial charge in [0.05, 0.1) is 0 Å². The van der Waals surface area contributed by atoms with E-state index in [0.29, 0.717) is 0 Å². The zero-order chi connectivity index (χ0) is 17.9. The maximum atomic E-state index is 3.76. The molecule has 0 saturated heterocycles. The van der Waals surface area contributed by atoms with E-state index in [2.05, 4.69) is 41.5 Å². The van der Waals surface area contributed by atoms with Gasteiger partial charge in [0.1, 0.15) is 0 Å². The van der Waals surface area contributed by atoms with Gasteiger partial charge in [0.15, 0.2) is 0 Å². The van der Waals surface area contributed by atoms with E-state index in [9.17, 15) is 0 Å². The van der Waals surface area contributed by atoms with Crippen LogP contribution < -0.4 is 0 Å². The number of hydrogen-bond donors (Lipinski definition) is 0. The van der Waals surface area contributed by atoms with Crippen LogP contribution in [-0.2, 0) is 196 Å². The molecule has 0 N–H and O–H groups in total. The third-order valence-electron chi connectivity index (χ3n) is 3.13. The monoisotopic (exact) mass is 936 g/mol. The zero-order valence-electron chi connectivity index (χ0n) is 23.6. The van der Waals surface area contributed by atoms with Crippen LogP contribution in [0.5, 0.6) is 0 Å². The summed E-state index contributed by atoms with van der Waals surface area (Å²) in [4.78, 5) is 0. The summed E-state index contributed by atoms with van der Waals surface area (Å²) in [7, 11) is 0. The van der Waals surface area contributed by atoms with Crippen LogP contribution >= 0.6 is 0 Å². The molecular formula is C30H42Y6-12. The molecule has 3 aromatic carbocycles. The van der Waals surface area contributed by atoms with Gasteiger partial charge in [0, 0.05) is 196 Å². The molecule has 3 aromatic rings. The Labute approximate surface area is 380 Å². The number of hydrogen-bond acceptors (Lipinski definition) is 0. The summed E-state index contributed by atoms with van der Waals surface area (Å²) in [6.07, 6.45) is 0. The molecule has 0 atom stereocenters. The SMILES string of the molecule is [CH2-]c1ccc([CH2-])cc1.[CH2-]c1cccc([CH2-])c1.[CH2-]c1ccccc1[CH2-].[CH3-].[CH3-].[CH3-].[CH3-].[CH3-].[CH3-].[Y].[Y].[Y].[Y].[Y].[Y]. The van der Waals surface area contributed by atoms with Gasteiger partial charge >= 0.3 is 0 Å². The Bertz CT molecular complexity index is 685. The van der Waals surface area contributed by atoms with Crippen molar-refractivity contribution in [1.29, 1.82) is 0 Å². The topological polar surface area (TPSA) is 0 Å². The Morgan fingerprint density at radius 3 is 0.722 bits per heavy atom. The molecule has 0 amide bonds. The molecule has 0 fully saturated rings. The van der Waals surface area contributed by atoms with Crippen LogP contribution in [0.2, 0.25) is 0 Å². The first-order valence-electron chi connectivity index (χ1n) is 7.59. The summed E-state index contributed by atoms with van der Waals surface area (Å²) >= 11 is 0. The minimum Gasteiger partial charge on any atom is -0.358 e. The third kappa shape index (κ3) is 42.0. The van der Waals surface area contributed by atoms with Crippen molar-refractivity contribution in [2.75, 3.05) is 0 Å². The zero-order valence-corrected chi connectivity index (χ0v) is 40.7. The second-order valence-electron chi connectivity index (χ2n) is 5.41. The van der Waals surface area contributed by atoms with Gasteiger partial charge in [0.25, 0.3) is 0 Å². The summed E-state index contributed by atoms with van der Waals surface area (Å²) < 4.78 is 0. The molecule has 0 bridgehead atoms. The first kappa shape index (κ1) is 77.4. The third-order valence-corrected chi connectivity index (χ3v) is 3.13. The fourth-order valence-corrected chi connectivity index (χ4v) is 1.73. The molecule has 0 aliphatic carbocycles. The fraction of sp³-hybridized carbons (Fsp3) is 0. The van der Waals surface area contributed by atoms with Crippen LogP contribution in [0.4, 0.5) is 0 Å². The summed E-state index contributed by atoms with van der Waals surface area (Å²) in [5, 5.41) is 0. The van der Waals surface area contributed by atoms with E-state index in [-0.39, 0.29) is 241 Å². The fourth-order valence-electron chi connectivity index (χ4n) is 1.73. The molecule has 192 valence electrons. The number of benzene rings is 3. The minimum absolute atomic E-state index is 0. The molecule has 0 heterocycles. The van der Waals surface area contributed by atoms with Crippen molar-refractivity contribution in [3.63, 3.8) is 0 Å². The van der Waals surface area contributed by atoms with Gasteiger partial charge in [-0.1, -0.05) is 0 Å². The smallest absolute Gasteiger partial charge is 0 e. The van der Waals surface area contributed by atoms with Crippen LogP contribution in [0.15, 0.2) is 72.8 Å².